The normalized spacial score (nSPS) is 18.1. The maximum Gasteiger partial charge on any atom is 0.254 e. The Balaban J connectivity index is 1.59. The predicted molar refractivity (Wildman–Crippen MR) is 132 cm³/mol. The smallest absolute Gasteiger partial charge is 0.254 e. The van der Waals surface area contributed by atoms with E-state index >= 15 is 0 Å². The van der Waals surface area contributed by atoms with Crippen molar-refractivity contribution < 1.29 is 23.8 Å². The van der Waals surface area contributed by atoms with Gasteiger partial charge >= 0.3 is 0 Å². The van der Waals surface area contributed by atoms with E-state index in [0.29, 0.717) is 42.3 Å². The molecular formula is C28H28N2O5. The molecule has 0 bridgehead atoms. The van der Waals surface area contributed by atoms with Crippen LogP contribution in [0.5, 0.6) is 17.2 Å². The number of nitrogens with zero attached hydrogens (tertiary/aromatic N) is 1. The zero-order chi connectivity index (χ0) is 24.5. The lowest BCUT2D eigenvalue weighted by atomic mass is 9.75. The summed E-state index contributed by atoms with van der Waals surface area (Å²) in [6.45, 7) is 3.02. The number of fused-ring (bicyclic) bond motifs is 4. The molecule has 5 rings (SSSR count). The molecule has 2 aliphatic heterocycles. The number of carbonyl (C=O) groups excluding carboxylic acids is 2. The number of hydrogen-bond donors (Lipinski definition) is 1. The molecule has 0 aliphatic carbocycles. The molecule has 0 spiro atoms. The third-order valence-electron chi connectivity index (χ3n) is 6.74. The van der Waals surface area contributed by atoms with Crippen LogP contribution in [0.1, 0.15) is 45.9 Å². The summed E-state index contributed by atoms with van der Waals surface area (Å²) in [4.78, 5) is 29.2. The highest BCUT2D eigenvalue weighted by molar-refractivity contribution is 6.04. The van der Waals surface area contributed by atoms with Crippen molar-refractivity contribution in [1.29, 1.82) is 0 Å². The highest BCUT2D eigenvalue weighted by atomic mass is 16.5. The third kappa shape index (κ3) is 3.97. The van der Waals surface area contributed by atoms with Gasteiger partial charge in [0.25, 0.3) is 5.91 Å². The molecule has 3 aromatic carbocycles. The van der Waals surface area contributed by atoms with Crippen LogP contribution in [-0.4, -0.2) is 44.1 Å². The van der Waals surface area contributed by atoms with E-state index in [1.807, 2.05) is 66.4 Å². The second kappa shape index (κ2) is 9.33. The number of methoxy groups -OCH3 is 2. The number of rotatable bonds is 6. The van der Waals surface area contributed by atoms with Crippen LogP contribution in [0.4, 0.5) is 5.69 Å². The van der Waals surface area contributed by atoms with Crippen LogP contribution >= 0.6 is 0 Å². The molecular weight excluding hydrogens is 444 g/mol. The van der Waals surface area contributed by atoms with Crippen LogP contribution in [0.2, 0.25) is 0 Å². The average molecular weight is 473 g/mol. The molecule has 0 saturated carbocycles. The topological polar surface area (TPSA) is 77.1 Å². The van der Waals surface area contributed by atoms with Crippen molar-refractivity contribution in [2.75, 3.05) is 32.7 Å². The molecule has 2 unspecified atom stereocenters. The van der Waals surface area contributed by atoms with Gasteiger partial charge in [-0.25, -0.2) is 0 Å². The van der Waals surface area contributed by atoms with Gasteiger partial charge in [-0.2, -0.15) is 0 Å². The fourth-order valence-electron chi connectivity index (χ4n) is 5.16. The van der Waals surface area contributed by atoms with E-state index in [4.69, 9.17) is 14.2 Å². The Bertz CT molecular complexity index is 1270. The molecule has 1 N–H and O–H groups in total. The fourth-order valence-corrected chi connectivity index (χ4v) is 5.16. The zero-order valence-corrected chi connectivity index (χ0v) is 20.0. The Hall–Kier alpha value is -4.00. The maximum absolute atomic E-state index is 13.9. The summed E-state index contributed by atoms with van der Waals surface area (Å²) in [5.74, 6) is 1.13. The summed E-state index contributed by atoms with van der Waals surface area (Å²) >= 11 is 0. The SMILES string of the molecule is CCOc1ccc(NC(=O)C2c3ccccc3C(=O)N3CCc4cc(OC)c(OC)cc4C23)cc1. The van der Waals surface area contributed by atoms with Gasteiger partial charge < -0.3 is 24.4 Å². The monoisotopic (exact) mass is 472 g/mol. The van der Waals surface area contributed by atoms with Crippen molar-refractivity contribution in [3.8, 4) is 17.2 Å². The molecule has 35 heavy (non-hydrogen) atoms. The van der Waals surface area contributed by atoms with E-state index in [1.165, 1.54) is 0 Å². The van der Waals surface area contributed by atoms with Crippen molar-refractivity contribution >= 4 is 17.5 Å². The quantitative estimate of drug-likeness (QED) is 0.568. The fraction of sp³-hybridized carbons (Fsp3) is 0.286. The van der Waals surface area contributed by atoms with Crippen LogP contribution < -0.4 is 19.5 Å². The second-order valence-corrected chi connectivity index (χ2v) is 8.61. The molecule has 0 saturated heterocycles. The third-order valence-corrected chi connectivity index (χ3v) is 6.74. The number of benzene rings is 3. The van der Waals surface area contributed by atoms with Crippen molar-refractivity contribution in [2.24, 2.45) is 0 Å². The highest BCUT2D eigenvalue weighted by Gasteiger charge is 2.46. The Morgan fingerprint density at radius 2 is 1.71 bits per heavy atom. The van der Waals surface area contributed by atoms with Gasteiger partial charge in [0.05, 0.1) is 32.8 Å². The van der Waals surface area contributed by atoms with Crippen LogP contribution in [-0.2, 0) is 11.2 Å². The second-order valence-electron chi connectivity index (χ2n) is 8.61. The lowest BCUT2D eigenvalue weighted by Gasteiger charge is -2.45. The summed E-state index contributed by atoms with van der Waals surface area (Å²) in [5.41, 5.74) is 3.92. The number of anilines is 1. The number of hydrogen-bond acceptors (Lipinski definition) is 5. The van der Waals surface area contributed by atoms with Crippen molar-refractivity contribution in [1.82, 2.24) is 4.90 Å². The molecule has 0 radical (unpaired) electrons. The lowest BCUT2D eigenvalue weighted by molar-refractivity contribution is -0.119. The average Bonchev–Trinajstić information content (AvgIpc) is 2.89. The standard InChI is InChI=1S/C28H28N2O5/c1-4-35-19-11-9-18(10-12-19)29-27(31)25-20-7-5-6-8-21(20)28(32)30-14-13-17-15-23(33-2)24(34-3)16-22(17)26(25)30/h5-12,15-16,25-26H,4,13-14H2,1-3H3,(H,29,31). The van der Waals surface area contributed by atoms with Crippen molar-refractivity contribution in [3.63, 3.8) is 0 Å². The first-order chi connectivity index (χ1) is 17.0. The number of nitrogens with one attached hydrogen (secondary N) is 1. The molecule has 7 heteroatoms. The Morgan fingerprint density at radius 3 is 2.43 bits per heavy atom. The van der Waals surface area contributed by atoms with Gasteiger partial charge in [-0.1, -0.05) is 18.2 Å². The molecule has 2 aliphatic rings. The van der Waals surface area contributed by atoms with Gasteiger partial charge in [-0.05, 0) is 72.5 Å². The van der Waals surface area contributed by atoms with Gasteiger partial charge in [-0.3, -0.25) is 9.59 Å². The van der Waals surface area contributed by atoms with Crippen LogP contribution in [0.15, 0.2) is 60.7 Å². The molecule has 2 atom stereocenters. The number of ether oxygens (including phenoxy) is 3. The summed E-state index contributed by atoms with van der Waals surface area (Å²) in [6.07, 6.45) is 0.674. The largest absolute Gasteiger partial charge is 0.494 e. The summed E-state index contributed by atoms with van der Waals surface area (Å²) in [6, 6.07) is 18.1. The molecule has 180 valence electrons. The Kier molecular flexibility index (Phi) is 6.07. The summed E-state index contributed by atoms with van der Waals surface area (Å²) in [5, 5.41) is 3.06. The minimum atomic E-state index is -0.590. The first kappa shape index (κ1) is 22.8. The summed E-state index contributed by atoms with van der Waals surface area (Å²) in [7, 11) is 3.19. The molecule has 3 aromatic rings. The Labute approximate surface area is 204 Å². The molecule has 2 amide bonds. The van der Waals surface area contributed by atoms with E-state index in [-0.39, 0.29) is 11.8 Å². The number of amides is 2. The van der Waals surface area contributed by atoms with E-state index in [9.17, 15) is 9.59 Å². The highest BCUT2D eigenvalue weighted by Crippen LogP contribution is 2.48. The van der Waals surface area contributed by atoms with Crippen LogP contribution in [0.3, 0.4) is 0 Å². The molecule has 0 fully saturated rings. The predicted octanol–water partition coefficient (Wildman–Crippen LogP) is 4.58. The van der Waals surface area contributed by atoms with Gasteiger partial charge in [-0.15, -0.1) is 0 Å². The molecule has 2 heterocycles. The van der Waals surface area contributed by atoms with Crippen LogP contribution in [0, 0.1) is 0 Å². The lowest BCUT2D eigenvalue weighted by Crippen LogP contribution is -2.49. The minimum absolute atomic E-state index is 0.0591. The van der Waals surface area contributed by atoms with Crippen LogP contribution in [0.25, 0.3) is 0 Å². The first-order valence-electron chi connectivity index (χ1n) is 11.7. The van der Waals surface area contributed by atoms with E-state index in [1.54, 1.807) is 20.3 Å². The zero-order valence-electron chi connectivity index (χ0n) is 20.0. The minimum Gasteiger partial charge on any atom is -0.494 e. The number of carbonyl (C=O) groups is 2. The van der Waals surface area contributed by atoms with Gasteiger partial charge in [0.1, 0.15) is 5.75 Å². The molecule has 0 aromatic heterocycles. The molecule has 7 nitrogen and oxygen atoms in total. The first-order valence-corrected chi connectivity index (χ1v) is 11.7. The van der Waals surface area contributed by atoms with Gasteiger partial charge in [0.2, 0.25) is 5.91 Å². The van der Waals surface area contributed by atoms with E-state index < -0.39 is 12.0 Å². The van der Waals surface area contributed by atoms with E-state index in [2.05, 4.69) is 5.32 Å². The maximum atomic E-state index is 13.9. The van der Waals surface area contributed by atoms with Gasteiger partial charge in [0, 0.05) is 17.8 Å². The van der Waals surface area contributed by atoms with Crippen molar-refractivity contribution in [3.05, 3.63) is 82.9 Å². The van der Waals surface area contributed by atoms with Gasteiger partial charge in [0.15, 0.2) is 11.5 Å². The Morgan fingerprint density at radius 1 is 1.00 bits per heavy atom. The van der Waals surface area contributed by atoms with Crippen molar-refractivity contribution in [2.45, 2.75) is 25.3 Å². The summed E-state index contributed by atoms with van der Waals surface area (Å²) < 4.78 is 16.6. The van der Waals surface area contributed by atoms with E-state index in [0.717, 1.165) is 22.4 Å².